The SMILES string of the molecule is CCOC(=O)C1CC(=O)c2cc(C(F)(F)F)nnc2C1. The van der Waals surface area contributed by atoms with Gasteiger partial charge in [0.25, 0.3) is 0 Å². The van der Waals surface area contributed by atoms with Gasteiger partial charge in [0.05, 0.1) is 18.2 Å². The van der Waals surface area contributed by atoms with Crippen molar-refractivity contribution < 1.29 is 27.5 Å². The summed E-state index contributed by atoms with van der Waals surface area (Å²) < 4.78 is 42.3. The Morgan fingerprint density at radius 2 is 2.10 bits per heavy atom. The maximum atomic E-state index is 12.5. The zero-order valence-corrected chi connectivity index (χ0v) is 10.5. The maximum absolute atomic E-state index is 12.5. The fraction of sp³-hybridized carbons (Fsp3) is 0.500. The summed E-state index contributed by atoms with van der Waals surface area (Å²) in [7, 11) is 0. The van der Waals surface area contributed by atoms with E-state index in [2.05, 4.69) is 10.2 Å². The Hall–Kier alpha value is -1.99. The molecule has 1 aromatic rings. The Labute approximate surface area is 112 Å². The van der Waals surface area contributed by atoms with Crippen LogP contribution in [0.1, 0.15) is 35.1 Å². The molecule has 1 unspecified atom stereocenters. The minimum atomic E-state index is -4.65. The molecule has 1 aliphatic rings. The Balaban J connectivity index is 2.29. The van der Waals surface area contributed by atoms with Gasteiger partial charge in [0.1, 0.15) is 0 Å². The van der Waals surface area contributed by atoms with E-state index < -0.39 is 29.5 Å². The topological polar surface area (TPSA) is 69.2 Å². The molecule has 1 aromatic heterocycles. The molecule has 0 bridgehead atoms. The van der Waals surface area contributed by atoms with Crippen LogP contribution in [0, 0.1) is 5.92 Å². The minimum Gasteiger partial charge on any atom is -0.466 e. The van der Waals surface area contributed by atoms with Crippen molar-refractivity contribution in [1.82, 2.24) is 10.2 Å². The van der Waals surface area contributed by atoms with Crippen LogP contribution in [0.3, 0.4) is 0 Å². The van der Waals surface area contributed by atoms with Gasteiger partial charge in [0.2, 0.25) is 0 Å². The lowest BCUT2D eigenvalue weighted by Crippen LogP contribution is -2.30. The van der Waals surface area contributed by atoms with Crippen LogP contribution in [0.25, 0.3) is 0 Å². The highest BCUT2D eigenvalue weighted by molar-refractivity contribution is 6.00. The normalized spacial score (nSPS) is 18.6. The van der Waals surface area contributed by atoms with Crippen LogP contribution in [0.4, 0.5) is 13.2 Å². The monoisotopic (exact) mass is 288 g/mol. The number of ketones is 1. The number of aromatic nitrogens is 2. The highest BCUT2D eigenvalue weighted by Gasteiger charge is 2.37. The van der Waals surface area contributed by atoms with E-state index >= 15 is 0 Å². The number of carbonyl (C=O) groups excluding carboxylic acids is 2. The van der Waals surface area contributed by atoms with Crippen LogP contribution >= 0.6 is 0 Å². The number of ether oxygens (including phenoxy) is 1. The molecule has 0 radical (unpaired) electrons. The van der Waals surface area contributed by atoms with Gasteiger partial charge in [-0.2, -0.15) is 18.3 Å². The molecule has 0 N–H and O–H groups in total. The van der Waals surface area contributed by atoms with E-state index in [4.69, 9.17) is 4.74 Å². The van der Waals surface area contributed by atoms with E-state index in [1.165, 1.54) is 0 Å². The van der Waals surface area contributed by atoms with Gasteiger partial charge >= 0.3 is 12.1 Å². The highest BCUT2D eigenvalue weighted by Crippen LogP contribution is 2.31. The average Bonchev–Trinajstić information content (AvgIpc) is 2.37. The van der Waals surface area contributed by atoms with Gasteiger partial charge in [0.15, 0.2) is 11.5 Å². The predicted octanol–water partition coefficient (Wildman–Crippen LogP) is 1.80. The first-order valence-electron chi connectivity index (χ1n) is 5.96. The van der Waals surface area contributed by atoms with Gasteiger partial charge in [-0.3, -0.25) is 9.59 Å². The van der Waals surface area contributed by atoms with E-state index in [0.717, 1.165) is 0 Å². The highest BCUT2D eigenvalue weighted by atomic mass is 19.4. The quantitative estimate of drug-likeness (QED) is 0.776. The molecule has 0 saturated carbocycles. The average molecular weight is 288 g/mol. The van der Waals surface area contributed by atoms with Crippen molar-refractivity contribution in [1.29, 1.82) is 0 Å². The van der Waals surface area contributed by atoms with E-state index in [-0.39, 0.29) is 30.7 Å². The molecule has 108 valence electrons. The predicted molar refractivity (Wildman–Crippen MR) is 59.8 cm³/mol. The van der Waals surface area contributed by atoms with Gasteiger partial charge < -0.3 is 4.74 Å². The fourth-order valence-electron chi connectivity index (χ4n) is 2.01. The zero-order valence-electron chi connectivity index (χ0n) is 10.5. The van der Waals surface area contributed by atoms with Crippen LogP contribution in [0.5, 0.6) is 0 Å². The fourth-order valence-corrected chi connectivity index (χ4v) is 2.01. The summed E-state index contributed by atoms with van der Waals surface area (Å²) in [5.74, 6) is -1.81. The Kier molecular flexibility index (Phi) is 3.74. The van der Waals surface area contributed by atoms with Crippen LogP contribution in [0.15, 0.2) is 6.07 Å². The molecule has 0 fully saturated rings. The van der Waals surface area contributed by atoms with E-state index in [1.807, 2.05) is 0 Å². The van der Waals surface area contributed by atoms with Gasteiger partial charge in [-0.05, 0) is 13.0 Å². The minimum absolute atomic E-state index is 0.0606. The summed E-state index contributed by atoms with van der Waals surface area (Å²) >= 11 is 0. The van der Waals surface area contributed by atoms with Gasteiger partial charge in [-0.1, -0.05) is 0 Å². The van der Waals surface area contributed by atoms with Crippen molar-refractivity contribution in [3.8, 4) is 0 Å². The third-order valence-corrected chi connectivity index (χ3v) is 2.95. The van der Waals surface area contributed by atoms with Gasteiger partial charge in [-0.15, -0.1) is 5.10 Å². The van der Waals surface area contributed by atoms with E-state index in [1.54, 1.807) is 6.92 Å². The molecule has 20 heavy (non-hydrogen) atoms. The molecule has 0 saturated heterocycles. The second-order valence-electron chi connectivity index (χ2n) is 4.37. The van der Waals surface area contributed by atoms with E-state index in [9.17, 15) is 22.8 Å². The number of rotatable bonds is 2. The van der Waals surface area contributed by atoms with Gasteiger partial charge in [0, 0.05) is 18.4 Å². The standard InChI is InChI=1S/C12H11F3N2O3/c1-2-20-11(19)6-3-8-7(9(18)4-6)5-10(17-16-8)12(13,14)15/h5-6H,2-4H2,1H3. The molecule has 1 heterocycles. The van der Waals surface area contributed by atoms with Crippen molar-refractivity contribution >= 4 is 11.8 Å². The molecular formula is C12H11F3N2O3. The first kappa shape index (κ1) is 14.4. The molecule has 8 heteroatoms. The zero-order chi connectivity index (χ0) is 14.9. The van der Waals surface area contributed by atoms with Crippen LogP contribution < -0.4 is 0 Å². The first-order valence-corrected chi connectivity index (χ1v) is 5.96. The summed E-state index contributed by atoms with van der Waals surface area (Å²) in [5, 5.41) is 6.49. The number of alkyl halides is 3. The number of hydrogen-bond acceptors (Lipinski definition) is 5. The van der Waals surface area contributed by atoms with Crippen LogP contribution in [-0.2, 0) is 22.1 Å². The molecule has 1 atom stereocenters. The molecular weight excluding hydrogens is 277 g/mol. The number of carbonyl (C=O) groups is 2. The van der Waals surface area contributed by atoms with Crippen LogP contribution in [0.2, 0.25) is 0 Å². The van der Waals surface area contributed by atoms with Crippen molar-refractivity contribution in [3.05, 3.63) is 23.0 Å². The van der Waals surface area contributed by atoms with Crippen molar-refractivity contribution in [3.63, 3.8) is 0 Å². The molecule has 2 rings (SSSR count). The van der Waals surface area contributed by atoms with E-state index in [0.29, 0.717) is 6.07 Å². The second-order valence-corrected chi connectivity index (χ2v) is 4.37. The number of fused-ring (bicyclic) bond motifs is 1. The number of esters is 1. The molecule has 0 spiro atoms. The molecule has 0 aliphatic heterocycles. The number of nitrogens with zero attached hydrogens (tertiary/aromatic N) is 2. The van der Waals surface area contributed by atoms with Crippen molar-refractivity contribution in [2.75, 3.05) is 6.61 Å². The smallest absolute Gasteiger partial charge is 0.435 e. The lowest BCUT2D eigenvalue weighted by molar-refractivity contribution is -0.148. The van der Waals surface area contributed by atoms with Crippen molar-refractivity contribution in [2.45, 2.75) is 25.9 Å². The Morgan fingerprint density at radius 3 is 2.70 bits per heavy atom. The summed E-state index contributed by atoms with van der Waals surface area (Å²) in [6.45, 7) is 1.81. The summed E-state index contributed by atoms with van der Waals surface area (Å²) in [5.41, 5.74) is -1.22. The lowest BCUT2D eigenvalue weighted by atomic mass is 9.86. The maximum Gasteiger partial charge on any atom is 0.435 e. The molecule has 0 amide bonds. The number of Topliss-reactive ketones (excluding diaryl/α,β-unsaturated/α-hetero) is 1. The summed E-state index contributed by atoms with van der Waals surface area (Å²) in [6.07, 6.45) is -4.76. The van der Waals surface area contributed by atoms with Crippen LogP contribution in [-0.4, -0.2) is 28.6 Å². The second kappa shape index (κ2) is 5.18. The largest absolute Gasteiger partial charge is 0.466 e. The summed E-state index contributed by atoms with van der Waals surface area (Å²) in [4.78, 5) is 23.4. The molecule has 1 aliphatic carbocycles. The van der Waals surface area contributed by atoms with Crippen molar-refractivity contribution in [2.24, 2.45) is 5.92 Å². The third kappa shape index (κ3) is 2.78. The Morgan fingerprint density at radius 1 is 1.40 bits per heavy atom. The molecule has 5 nitrogen and oxygen atoms in total. The van der Waals surface area contributed by atoms with Gasteiger partial charge in [-0.25, -0.2) is 0 Å². The third-order valence-electron chi connectivity index (χ3n) is 2.95. The first-order chi connectivity index (χ1) is 9.32. The summed E-state index contributed by atoms with van der Waals surface area (Å²) in [6, 6.07) is 0.687. The lowest BCUT2D eigenvalue weighted by Gasteiger charge is -2.21. The number of halogens is 3. The number of hydrogen-bond donors (Lipinski definition) is 0. The molecule has 0 aromatic carbocycles. The Bertz CT molecular complexity index is 557.